The zero-order valence-corrected chi connectivity index (χ0v) is 20.0. The molecule has 1 aliphatic carbocycles. The molecule has 2 aromatic carbocycles. The van der Waals surface area contributed by atoms with Gasteiger partial charge in [-0.2, -0.15) is 9.78 Å². The quantitative estimate of drug-likeness (QED) is 0.319. The van der Waals surface area contributed by atoms with Gasteiger partial charge in [0.05, 0.1) is 17.7 Å². The number of rotatable bonds is 6. The van der Waals surface area contributed by atoms with Crippen molar-refractivity contribution in [3.8, 4) is 17.0 Å². The van der Waals surface area contributed by atoms with E-state index in [1.54, 1.807) is 24.3 Å². The number of carbonyl (C=O) groups is 2. The molecule has 1 fully saturated rings. The van der Waals surface area contributed by atoms with Crippen molar-refractivity contribution in [2.75, 3.05) is 5.32 Å². The lowest BCUT2D eigenvalue weighted by molar-refractivity contribution is 0.0996. The van der Waals surface area contributed by atoms with E-state index < -0.39 is 5.91 Å². The van der Waals surface area contributed by atoms with E-state index in [1.807, 2.05) is 37.3 Å². The molecule has 1 aliphatic rings. The number of furan rings is 1. The van der Waals surface area contributed by atoms with Gasteiger partial charge in [0.15, 0.2) is 5.76 Å². The van der Waals surface area contributed by atoms with Crippen LogP contribution in [0, 0.1) is 6.92 Å². The molecule has 1 saturated carbocycles. The lowest BCUT2D eigenvalue weighted by Crippen LogP contribution is -2.30. The zero-order valence-electron chi connectivity index (χ0n) is 20.0. The van der Waals surface area contributed by atoms with Crippen molar-refractivity contribution in [2.45, 2.75) is 45.1 Å². The third-order valence-corrected chi connectivity index (χ3v) is 6.51. The number of aromatic hydroxyl groups is 1. The van der Waals surface area contributed by atoms with Crippen LogP contribution < -0.4 is 10.6 Å². The van der Waals surface area contributed by atoms with Crippen LogP contribution in [0.25, 0.3) is 11.3 Å². The Bertz CT molecular complexity index is 1380. The van der Waals surface area contributed by atoms with Gasteiger partial charge in [-0.1, -0.05) is 42.7 Å². The molecule has 8 heteroatoms. The Labute approximate surface area is 208 Å². The minimum atomic E-state index is -0.412. The zero-order chi connectivity index (χ0) is 25.1. The number of hydrogen-bond donors (Lipinski definition) is 3. The van der Waals surface area contributed by atoms with Crippen LogP contribution in [0.3, 0.4) is 0 Å². The molecular formula is C28H28N4O4. The highest BCUT2D eigenvalue weighted by atomic mass is 16.3. The summed E-state index contributed by atoms with van der Waals surface area (Å²) in [6.45, 7) is 2.42. The van der Waals surface area contributed by atoms with Crippen LogP contribution >= 0.6 is 0 Å². The van der Waals surface area contributed by atoms with Crippen LogP contribution in [0.2, 0.25) is 0 Å². The fourth-order valence-electron chi connectivity index (χ4n) is 4.70. The predicted octanol–water partition coefficient (Wildman–Crippen LogP) is 5.82. The van der Waals surface area contributed by atoms with Crippen molar-refractivity contribution < 1.29 is 19.1 Å². The third kappa shape index (κ3) is 5.02. The largest absolute Gasteiger partial charge is 0.507 e. The summed E-state index contributed by atoms with van der Waals surface area (Å²) in [6.07, 6.45) is 5.65. The molecule has 4 aromatic rings. The van der Waals surface area contributed by atoms with Crippen molar-refractivity contribution in [3.05, 3.63) is 89.5 Å². The van der Waals surface area contributed by atoms with Gasteiger partial charge in [-0.15, -0.1) is 0 Å². The minimum Gasteiger partial charge on any atom is -0.507 e. The summed E-state index contributed by atoms with van der Waals surface area (Å²) in [7, 11) is 0. The maximum Gasteiger partial charge on any atom is 0.342 e. The van der Waals surface area contributed by atoms with E-state index in [4.69, 9.17) is 4.42 Å². The van der Waals surface area contributed by atoms with Gasteiger partial charge in [-0.3, -0.25) is 4.79 Å². The highest BCUT2D eigenvalue weighted by molar-refractivity contribution is 6.02. The average Bonchev–Trinajstić information content (AvgIpc) is 3.64. The predicted molar refractivity (Wildman–Crippen MR) is 136 cm³/mol. The monoisotopic (exact) mass is 484 g/mol. The molecule has 0 radical (unpaired) electrons. The molecule has 0 saturated heterocycles. The van der Waals surface area contributed by atoms with Gasteiger partial charge >= 0.3 is 6.03 Å². The summed E-state index contributed by atoms with van der Waals surface area (Å²) in [5.74, 6) is -0.0413. The standard InChI is InChI=1S/C28H28N4O4/c1-18-6-4-7-19(14-18)17-29-28(35)32-24(20-8-2-3-9-20)16-23(31-32)22-12-11-21(15-25(22)33)30-27(34)26-10-5-13-36-26/h4-7,10-16,20,33H,2-3,8-9,17H2,1H3,(H,29,35)(H,30,34). The van der Waals surface area contributed by atoms with E-state index in [2.05, 4.69) is 15.7 Å². The van der Waals surface area contributed by atoms with E-state index in [0.717, 1.165) is 42.5 Å². The maximum absolute atomic E-state index is 13.2. The van der Waals surface area contributed by atoms with Crippen molar-refractivity contribution >= 4 is 17.6 Å². The summed E-state index contributed by atoms with van der Waals surface area (Å²) in [4.78, 5) is 25.4. The third-order valence-electron chi connectivity index (χ3n) is 6.51. The molecule has 36 heavy (non-hydrogen) atoms. The molecule has 5 rings (SSSR count). The Morgan fingerprint density at radius 1 is 1.08 bits per heavy atom. The number of phenolic OH excluding ortho intramolecular Hbond substituents is 1. The van der Waals surface area contributed by atoms with Crippen molar-refractivity contribution in [3.63, 3.8) is 0 Å². The van der Waals surface area contributed by atoms with Gasteiger partial charge in [-0.05, 0) is 55.7 Å². The summed E-state index contributed by atoms with van der Waals surface area (Å²) in [6, 6.07) is 17.6. The first-order chi connectivity index (χ1) is 17.5. The average molecular weight is 485 g/mol. The molecule has 0 atom stereocenters. The van der Waals surface area contributed by atoms with Gasteiger partial charge in [0.2, 0.25) is 0 Å². The van der Waals surface area contributed by atoms with E-state index >= 15 is 0 Å². The molecule has 2 heterocycles. The van der Waals surface area contributed by atoms with E-state index in [1.165, 1.54) is 17.0 Å². The Kier molecular flexibility index (Phi) is 6.58. The molecular weight excluding hydrogens is 456 g/mol. The van der Waals surface area contributed by atoms with Gasteiger partial charge in [0, 0.05) is 29.8 Å². The normalized spacial score (nSPS) is 13.6. The molecule has 184 valence electrons. The molecule has 0 unspecified atom stereocenters. The number of amides is 2. The molecule has 0 spiro atoms. The SMILES string of the molecule is Cc1cccc(CNC(=O)n2nc(-c3ccc(NC(=O)c4ccco4)cc3O)cc2C2CCCC2)c1. The first-order valence-corrected chi connectivity index (χ1v) is 12.1. The van der Waals surface area contributed by atoms with Crippen molar-refractivity contribution in [2.24, 2.45) is 0 Å². The maximum atomic E-state index is 13.2. The Morgan fingerprint density at radius 3 is 2.64 bits per heavy atom. The number of benzene rings is 2. The molecule has 3 N–H and O–H groups in total. The van der Waals surface area contributed by atoms with Crippen LogP contribution in [0.4, 0.5) is 10.5 Å². The van der Waals surface area contributed by atoms with Gasteiger partial charge < -0.3 is 20.2 Å². The lowest BCUT2D eigenvalue weighted by Gasteiger charge is -2.12. The molecule has 0 aliphatic heterocycles. The number of hydrogen-bond acceptors (Lipinski definition) is 5. The Balaban J connectivity index is 1.39. The van der Waals surface area contributed by atoms with Crippen molar-refractivity contribution in [1.82, 2.24) is 15.1 Å². The molecule has 8 nitrogen and oxygen atoms in total. The first kappa shape index (κ1) is 23.4. The Morgan fingerprint density at radius 2 is 1.92 bits per heavy atom. The minimum absolute atomic E-state index is 0.0463. The summed E-state index contributed by atoms with van der Waals surface area (Å²) >= 11 is 0. The molecule has 2 amide bonds. The second kappa shape index (κ2) is 10.1. The number of carbonyl (C=O) groups excluding carboxylic acids is 2. The van der Waals surface area contributed by atoms with Crippen molar-refractivity contribution in [1.29, 1.82) is 0 Å². The number of anilines is 1. The summed E-state index contributed by atoms with van der Waals surface area (Å²) in [5, 5.41) is 21.0. The van der Waals surface area contributed by atoms with Crippen LogP contribution in [-0.2, 0) is 6.54 Å². The number of phenols is 1. The van der Waals surface area contributed by atoms with E-state index in [0.29, 0.717) is 23.5 Å². The first-order valence-electron chi connectivity index (χ1n) is 12.1. The van der Waals surface area contributed by atoms with Gasteiger partial charge in [0.1, 0.15) is 5.75 Å². The fraction of sp³-hybridized carbons (Fsp3) is 0.250. The van der Waals surface area contributed by atoms with Crippen LogP contribution in [0.5, 0.6) is 5.75 Å². The van der Waals surface area contributed by atoms with E-state index in [9.17, 15) is 14.7 Å². The number of nitrogens with zero attached hydrogens (tertiary/aromatic N) is 2. The van der Waals surface area contributed by atoms with Gasteiger partial charge in [-0.25, -0.2) is 4.79 Å². The second-order valence-electron chi connectivity index (χ2n) is 9.16. The number of aryl methyl sites for hydroxylation is 1. The topological polar surface area (TPSA) is 109 Å². The van der Waals surface area contributed by atoms with Crippen LogP contribution in [-0.4, -0.2) is 26.8 Å². The lowest BCUT2D eigenvalue weighted by atomic mass is 10.0. The number of aromatic nitrogens is 2. The summed E-state index contributed by atoms with van der Waals surface area (Å²) < 4.78 is 6.54. The highest BCUT2D eigenvalue weighted by Gasteiger charge is 2.26. The number of nitrogens with one attached hydrogen (secondary N) is 2. The second-order valence-corrected chi connectivity index (χ2v) is 9.16. The van der Waals surface area contributed by atoms with Crippen LogP contribution in [0.1, 0.15) is 59.0 Å². The fourth-order valence-corrected chi connectivity index (χ4v) is 4.70. The highest BCUT2D eigenvalue weighted by Crippen LogP contribution is 2.38. The molecule has 0 bridgehead atoms. The van der Waals surface area contributed by atoms with Gasteiger partial charge in [0.25, 0.3) is 5.91 Å². The molecule has 2 aromatic heterocycles. The smallest absolute Gasteiger partial charge is 0.342 e. The van der Waals surface area contributed by atoms with E-state index in [-0.39, 0.29) is 23.5 Å². The van der Waals surface area contributed by atoms with Crippen LogP contribution in [0.15, 0.2) is 71.3 Å². The Hall–Kier alpha value is -4.33. The summed E-state index contributed by atoms with van der Waals surface area (Å²) in [5.41, 5.74) is 4.40.